The molecule has 0 aliphatic carbocycles. The minimum atomic E-state index is -0.429. The molecular formula is C18H16O4. The molecule has 2 rings (SSSR count). The van der Waals surface area contributed by atoms with Gasteiger partial charge in [-0.05, 0) is 35.0 Å². The Labute approximate surface area is 128 Å². The molecule has 0 aromatic heterocycles. The number of fused-ring (bicyclic) bond motifs is 1. The standard InChI is InChI=1S/C18H16O4/c1-3-9-21-17(19)14-7-5-13-6-8-15(12-16(13)11-14)18(20)22-10-4-2/h3-8,11-12H,1-2,9-10H2. The van der Waals surface area contributed by atoms with E-state index in [0.29, 0.717) is 11.1 Å². The molecule has 22 heavy (non-hydrogen) atoms. The molecule has 4 heteroatoms. The number of esters is 2. The van der Waals surface area contributed by atoms with E-state index in [1.165, 1.54) is 12.2 Å². The van der Waals surface area contributed by atoms with Crippen molar-refractivity contribution < 1.29 is 19.1 Å². The first-order chi connectivity index (χ1) is 10.7. The van der Waals surface area contributed by atoms with E-state index in [1.54, 1.807) is 36.4 Å². The maximum atomic E-state index is 11.8. The Bertz CT molecular complexity index is 672. The number of rotatable bonds is 6. The van der Waals surface area contributed by atoms with Gasteiger partial charge in [0.1, 0.15) is 13.2 Å². The van der Waals surface area contributed by atoms with Gasteiger partial charge in [0, 0.05) is 0 Å². The lowest BCUT2D eigenvalue weighted by atomic mass is 10.0. The zero-order valence-corrected chi connectivity index (χ0v) is 12.1. The van der Waals surface area contributed by atoms with Crippen LogP contribution < -0.4 is 0 Å². The van der Waals surface area contributed by atoms with E-state index in [4.69, 9.17) is 9.47 Å². The summed E-state index contributed by atoms with van der Waals surface area (Å²) in [6.45, 7) is 7.31. The average molecular weight is 296 g/mol. The van der Waals surface area contributed by atoms with Crippen LogP contribution in [0.1, 0.15) is 20.7 Å². The number of hydrogen-bond acceptors (Lipinski definition) is 4. The summed E-state index contributed by atoms with van der Waals surface area (Å²) in [4.78, 5) is 23.7. The summed E-state index contributed by atoms with van der Waals surface area (Å²) in [5.41, 5.74) is 0.844. The highest BCUT2D eigenvalue weighted by molar-refractivity contribution is 5.99. The number of hydrogen-bond donors (Lipinski definition) is 0. The maximum Gasteiger partial charge on any atom is 0.338 e. The Kier molecular flexibility index (Phi) is 5.09. The van der Waals surface area contributed by atoms with Crippen molar-refractivity contribution in [1.29, 1.82) is 0 Å². The van der Waals surface area contributed by atoms with Crippen LogP contribution in [-0.2, 0) is 9.47 Å². The summed E-state index contributed by atoms with van der Waals surface area (Å²) in [5, 5.41) is 1.68. The number of ether oxygens (including phenoxy) is 2. The Hall–Kier alpha value is -2.88. The lowest BCUT2D eigenvalue weighted by Gasteiger charge is -2.06. The third-order valence-corrected chi connectivity index (χ3v) is 2.98. The Balaban J connectivity index is 2.29. The van der Waals surface area contributed by atoms with Gasteiger partial charge in [-0.15, -0.1) is 0 Å². The molecule has 0 saturated heterocycles. The number of carbonyl (C=O) groups excluding carboxylic acids is 2. The van der Waals surface area contributed by atoms with E-state index in [0.717, 1.165) is 10.8 Å². The van der Waals surface area contributed by atoms with Gasteiger partial charge in [0.05, 0.1) is 11.1 Å². The summed E-state index contributed by atoms with van der Waals surface area (Å²) < 4.78 is 9.99. The highest BCUT2D eigenvalue weighted by atomic mass is 16.5. The maximum absolute atomic E-state index is 11.8. The summed E-state index contributed by atoms with van der Waals surface area (Å²) in [7, 11) is 0. The highest BCUT2D eigenvalue weighted by Crippen LogP contribution is 2.19. The lowest BCUT2D eigenvalue weighted by Crippen LogP contribution is -2.06. The summed E-state index contributed by atoms with van der Waals surface area (Å²) in [5.74, 6) is -0.858. The molecule has 0 spiro atoms. The van der Waals surface area contributed by atoms with Crippen molar-refractivity contribution in [3.05, 3.63) is 72.8 Å². The quantitative estimate of drug-likeness (QED) is 0.604. The van der Waals surface area contributed by atoms with Crippen molar-refractivity contribution in [3.8, 4) is 0 Å². The van der Waals surface area contributed by atoms with Gasteiger partial charge in [-0.2, -0.15) is 0 Å². The summed E-state index contributed by atoms with van der Waals surface area (Å²) >= 11 is 0. The molecule has 0 aliphatic heterocycles. The Morgan fingerprint density at radius 1 is 0.818 bits per heavy atom. The molecule has 4 nitrogen and oxygen atoms in total. The predicted molar refractivity (Wildman–Crippen MR) is 84.9 cm³/mol. The fourth-order valence-electron chi connectivity index (χ4n) is 1.94. The molecule has 0 amide bonds. The summed E-state index contributed by atoms with van der Waals surface area (Å²) in [6, 6.07) is 10.3. The predicted octanol–water partition coefficient (Wildman–Crippen LogP) is 3.53. The van der Waals surface area contributed by atoms with E-state index in [9.17, 15) is 9.59 Å². The zero-order valence-electron chi connectivity index (χ0n) is 12.1. The van der Waals surface area contributed by atoms with Crippen LogP contribution >= 0.6 is 0 Å². The SMILES string of the molecule is C=CCOC(=O)c1ccc2ccc(C(=O)OCC=C)cc2c1. The van der Waals surface area contributed by atoms with Gasteiger partial charge < -0.3 is 9.47 Å². The second kappa shape index (κ2) is 7.22. The fraction of sp³-hybridized carbons (Fsp3) is 0.111. The molecule has 0 fully saturated rings. The molecule has 112 valence electrons. The van der Waals surface area contributed by atoms with Crippen molar-refractivity contribution in [2.24, 2.45) is 0 Å². The van der Waals surface area contributed by atoms with Crippen LogP contribution in [0, 0.1) is 0 Å². The lowest BCUT2D eigenvalue weighted by molar-refractivity contribution is 0.0541. The second-order valence-electron chi connectivity index (χ2n) is 4.55. The van der Waals surface area contributed by atoms with E-state index >= 15 is 0 Å². The number of carbonyl (C=O) groups is 2. The van der Waals surface area contributed by atoms with Crippen molar-refractivity contribution in [1.82, 2.24) is 0 Å². The first kappa shape index (κ1) is 15.5. The van der Waals surface area contributed by atoms with E-state index in [2.05, 4.69) is 13.2 Å². The topological polar surface area (TPSA) is 52.6 Å². The molecule has 0 atom stereocenters. The molecule has 0 heterocycles. The Morgan fingerprint density at radius 3 is 1.68 bits per heavy atom. The molecule has 2 aromatic carbocycles. The van der Waals surface area contributed by atoms with Gasteiger partial charge in [0.25, 0.3) is 0 Å². The van der Waals surface area contributed by atoms with Crippen LogP contribution in [0.2, 0.25) is 0 Å². The van der Waals surface area contributed by atoms with Gasteiger partial charge in [-0.25, -0.2) is 9.59 Å². The molecule has 0 saturated carbocycles. The van der Waals surface area contributed by atoms with Crippen molar-refractivity contribution in [2.45, 2.75) is 0 Å². The van der Waals surface area contributed by atoms with E-state index in [1.807, 2.05) is 0 Å². The zero-order chi connectivity index (χ0) is 15.9. The number of benzene rings is 2. The van der Waals surface area contributed by atoms with Gasteiger partial charge >= 0.3 is 11.9 Å². The van der Waals surface area contributed by atoms with Crippen LogP contribution in [0.5, 0.6) is 0 Å². The normalized spacial score (nSPS) is 10.0. The third kappa shape index (κ3) is 3.61. The highest BCUT2D eigenvalue weighted by Gasteiger charge is 2.10. The van der Waals surface area contributed by atoms with E-state index in [-0.39, 0.29) is 13.2 Å². The van der Waals surface area contributed by atoms with Crippen LogP contribution in [0.25, 0.3) is 10.8 Å². The minimum Gasteiger partial charge on any atom is -0.458 e. The molecule has 0 bridgehead atoms. The minimum absolute atomic E-state index is 0.158. The average Bonchev–Trinajstić information content (AvgIpc) is 2.56. The van der Waals surface area contributed by atoms with Gasteiger partial charge in [-0.3, -0.25) is 0 Å². The van der Waals surface area contributed by atoms with Gasteiger partial charge in [-0.1, -0.05) is 37.4 Å². The molecule has 2 aromatic rings. The first-order valence-electron chi connectivity index (χ1n) is 6.75. The molecular weight excluding hydrogens is 280 g/mol. The monoisotopic (exact) mass is 296 g/mol. The van der Waals surface area contributed by atoms with Crippen LogP contribution in [0.3, 0.4) is 0 Å². The van der Waals surface area contributed by atoms with Crippen molar-refractivity contribution in [2.75, 3.05) is 13.2 Å². The molecule has 0 unspecified atom stereocenters. The van der Waals surface area contributed by atoms with Crippen molar-refractivity contribution >= 4 is 22.7 Å². The van der Waals surface area contributed by atoms with Crippen LogP contribution in [0.15, 0.2) is 61.7 Å². The second-order valence-corrected chi connectivity index (χ2v) is 4.55. The first-order valence-corrected chi connectivity index (χ1v) is 6.75. The largest absolute Gasteiger partial charge is 0.458 e. The molecule has 0 radical (unpaired) electrons. The smallest absolute Gasteiger partial charge is 0.338 e. The van der Waals surface area contributed by atoms with Crippen molar-refractivity contribution in [3.63, 3.8) is 0 Å². The third-order valence-electron chi connectivity index (χ3n) is 2.98. The molecule has 0 N–H and O–H groups in total. The van der Waals surface area contributed by atoms with Gasteiger partial charge in [0.2, 0.25) is 0 Å². The Morgan fingerprint density at radius 2 is 1.27 bits per heavy atom. The van der Waals surface area contributed by atoms with Gasteiger partial charge in [0.15, 0.2) is 0 Å². The van der Waals surface area contributed by atoms with Crippen LogP contribution in [0.4, 0.5) is 0 Å². The summed E-state index contributed by atoms with van der Waals surface area (Å²) in [6.07, 6.45) is 3.01. The van der Waals surface area contributed by atoms with Crippen LogP contribution in [-0.4, -0.2) is 25.2 Å². The van der Waals surface area contributed by atoms with E-state index < -0.39 is 11.9 Å². The fourth-order valence-corrected chi connectivity index (χ4v) is 1.94. The molecule has 0 aliphatic rings.